The predicted octanol–water partition coefficient (Wildman–Crippen LogP) is 1.60. The molecule has 4 nitrogen and oxygen atoms in total. The van der Waals surface area contributed by atoms with Gasteiger partial charge in [0.05, 0.1) is 13.2 Å². The van der Waals surface area contributed by atoms with Crippen molar-refractivity contribution < 1.29 is 9.47 Å². The molecule has 2 fully saturated rings. The fraction of sp³-hybridized carbons (Fsp3) is 0.625. The fourth-order valence-electron chi connectivity index (χ4n) is 3.08. The molecule has 2 aliphatic rings. The van der Waals surface area contributed by atoms with E-state index in [1.165, 1.54) is 5.56 Å². The summed E-state index contributed by atoms with van der Waals surface area (Å²) in [6.45, 7) is 5.34. The minimum atomic E-state index is -0.192. The first-order valence-electron chi connectivity index (χ1n) is 7.49. The first-order valence-corrected chi connectivity index (χ1v) is 7.49. The third kappa shape index (κ3) is 3.20. The lowest BCUT2D eigenvalue weighted by molar-refractivity contribution is -0.233. The van der Waals surface area contributed by atoms with Gasteiger partial charge in [0.25, 0.3) is 0 Å². The maximum Gasteiger partial charge on any atom is 0.169 e. The fourth-order valence-corrected chi connectivity index (χ4v) is 3.08. The Morgan fingerprint density at radius 2 is 1.75 bits per heavy atom. The van der Waals surface area contributed by atoms with Crippen LogP contribution in [0.25, 0.3) is 0 Å². The highest BCUT2D eigenvalue weighted by atomic mass is 16.7. The molecular weight excluding hydrogens is 252 g/mol. The van der Waals surface area contributed by atoms with Gasteiger partial charge in [-0.05, 0) is 31.5 Å². The molecule has 3 rings (SSSR count). The summed E-state index contributed by atoms with van der Waals surface area (Å²) in [7, 11) is 0. The molecule has 0 aromatic heterocycles. The molecule has 2 heterocycles. The number of hydrogen-bond acceptors (Lipinski definition) is 4. The van der Waals surface area contributed by atoms with Gasteiger partial charge < -0.3 is 15.2 Å². The minimum Gasteiger partial charge on any atom is -0.351 e. The smallest absolute Gasteiger partial charge is 0.169 e. The molecule has 2 aliphatic heterocycles. The largest absolute Gasteiger partial charge is 0.351 e. The average Bonchev–Trinajstić information content (AvgIpc) is 2.52. The summed E-state index contributed by atoms with van der Waals surface area (Å²) in [6, 6.07) is 10.7. The van der Waals surface area contributed by atoms with Crippen molar-refractivity contribution in [3.63, 3.8) is 0 Å². The monoisotopic (exact) mass is 276 g/mol. The third-order valence-electron chi connectivity index (χ3n) is 4.51. The molecule has 0 aliphatic carbocycles. The zero-order chi connectivity index (χ0) is 13.8. The lowest BCUT2D eigenvalue weighted by atomic mass is 9.79. The molecule has 2 N–H and O–H groups in total. The molecule has 0 radical (unpaired) electrons. The Balaban J connectivity index is 1.50. The van der Waals surface area contributed by atoms with Gasteiger partial charge in [0, 0.05) is 18.5 Å². The van der Waals surface area contributed by atoms with Gasteiger partial charge in [-0.15, -0.1) is 0 Å². The van der Waals surface area contributed by atoms with E-state index in [0.29, 0.717) is 6.54 Å². The Morgan fingerprint density at radius 3 is 2.35 bits per heavy atom. The molecule has 0 saturated carbocycles. The van der Waals surface area contributed by atoms with E-state index in [1.54, 1.807) is 0 Å². The normalized spacial score (nSPS) is 24.1. The van der Waals surface area contributed by atoms with Crippen molar-refractivity contribution in [3.8, 4) is 0 Å². The quantitative estimate of drug-likeness (QED) is 0.911. The van der Waals surface area contributed by atoms with Crippen LogP contribution < -0.4 is 5.73 Å². The van der Waals surface area contributed by atoms with E-state index in [2.05, 4.69) is 35.2 Å². The third-order valence-corrected chi connectivity index (χ3v) is 4.51. The van der Waals surface area contributed by atoms with E-state index in [0.717, 1.165) is 45.7 Å². The van der Waals surface area contributed by atoms with Crippen molar-refractivity contribution in [1.29, 1.82) is 0 Å². The summed E-state index contributed by atoms with van der Waals surface area (Å²) in [5.41, 5.74) is 7.18. The Labute approximate surface area is 120 Å². The van der Waals surface area contributed by atoms with Gasteiger partial charge in [-0.2, -0.15) is 0 Å². The van der Waals surface area contributed by atoms with Crippen LogP contribution in [-0.2, 0) is 16.0 Å². The van der Waals surface area contributed by atoms with Crippen LogP contribution in [0.15, 0.2) is 30.3 Å². The zero-order valence-corrected chi connectivity index (χ0v) is 12.0. The summed E-state index contributed by atoms with van der Waals surface area (Å²) in [5, 5.41) is 0. The molecule has 1 aromatic carbocycles. The summed E-state index contributed by atoms with van der Waals surface area (Å²) >= 11 is 0. The Bertz CT molecular complexity index is 406. The molecule has 4 heteroatoms. The van der Waals surface area contributed by atoms with Crippen LogP contribution in [0.4, 0.5) is 0 Å². The van der Waals surface area contributed by atoms with Gasteiger partial charge in [-0.3, -0.25) is 4.90 Å². The summed E-state index contributed by atoms with van der Waals surface area (Å²) < 4.78 is 11.4. The zero-order valence-electron chi connectivity index (χ0n) is 12.0. The number of likely N-dealkylation sites (tertiary alicyclic amines) is 1. The lowest BCUT2D eigenvalue weighted by Gasteiger charge is -2.45. The van der Waals surface area contributed by atoms with Crippen molar-refractivity contribution in [1.82, 2.24) is 4.90 Å². The standard InChI is InChI=1S/C16H24N2O2/c17-10-15-19-12-16(13-20-15)6-8-18(9-7-16)11-14-4-2-1-3-5-14/h1-5,15H,6-13,17H2. The van der Waals surface area contributed by atoms with Crippen LogP contribution in [-0.4, -0.2) is 44.0 Å². The second kappa shape index (κ2) is 6.22. The Hall–Kier alpha value is -0.940. The molecule has 0 amide bonds. The van der Waals surface area contributed by atoms with Crippen molar-refractivity contribution in [2.45, 2.75) is 25.7 Å². The highest BCUT2D eigenvalue weighted by Crippen LogP contribution is 2.35. The topological polar surface area (TPSA) is 47.7 Å². The van der Waals surface area contributed by atoms with Gasteiger partial charge in [0.1, 0.15) is 0 Å². The van der Waals surface area contributed by atoms with Gasteiger partial charge in [0.2, 0.25) is 0 Å². The SMILES string of the molecule is NCC1OCC2(CCN(Cc3ccccc3)CC2)CO1. The predicted molar refractivity (Wildman–Crippen MR) is 78.1 cm³/mol. The number of benzene rings is 1. The highest BCUT2D eigenvalue weighted by Gasteiger charge is 2.39. The van der Waals surface area contributed by atoms with Crippen LogP contribution in [0, 0.1) is 5.41 Å². The molecule has 1 spiro atoms. The van der Waals surface area contributed by atoms with Crippen LogP contribution in [0.5, 0.6) is 0 Å². The molecule has 20 heavy (non-hydrogen) atoms. The van der Waals surface area contributed by atoms with Gasteiger partial charge >= 0.3 is 0 Å². The van der Waals surface area contributed by atoms with E-state index in [-0.39, 0.29) is 11.7 Å². The summed E-state index contributed by atoms with van der Waals surface area (Å²) in [4.78, 5) is 2.52. The number of hydrogen-bond donors (Lipinski definition) is 1. The van der Waals surface area contributed by atoms with E-state index in [9.17, 15) is 0 Å². The Morgan fingerprint density at radius 1 is 1.10 bits per heavy atom. The second-order valence-electron chi connectivity index (χ2n) is 6.05. The molecule has 110 valence electrons. The van der Waals surface area contributed by atoms with Crippen LogP contribution in [0.3, 0.4) is 0 Å². The number of nitrogens with two attached hydrogens (primary N) is 1. The number of rotatable bonds is 3. The van der Waals surface area contributed by atoms with Crippen LogP contribution >= 0.6 is 0 Å². The van der Waals surface area contributed by atoms with E-state index < -0.39 is 0 Å². The van der Waals surface area contributed by atoms with E-state index >= 15 is 0 Å². The van der Waals surface area contributed by atoms with Crippen molar-refractivity contribution in [2.24, 2.45) is 11.1 Å². The number of nitrogens with zero attached hydrogens (tertiary/aromatic N) is 1. The number of piperidine rings is 1. The van der Waals surface area contributed by atoms with E-state index in [4.69, 9.17) is 15.2 Å². The number of ether oxygens (including phenoxy) is 2. The first kappa shape index (κ1) is 14.0. The van der Waals surface area contributed by atoms with Gasteiger partial charge in [-0.25, -0.2) is 0 Å². The van der Waals surface area contributed by atoms with Gasteiger partial charge in [0.15, 0.2) is 6.29 Å². The summed E-state index contributed by atoms with van der Waals surface area (Å²) in [5.74, 6) is 0. The molecule has 2 saturated heterocycles. The second-order valence-corrected chi connectivity index (χ2v) is 6.05. The van der Waals surface area contributed by atoms with Crippen LogP contribution in [0.2, 0.25) is 0 Å². The van der Waals surface area contributed by atoms with Gasteiger partial charge in [-0.1, -0.05) is 30.3 Å². The Kier molecular flexibility index (Phi) is 4.36. The molecule has 0 bridgehead atoms. The molecule has 0 unspecified atom stereocenters. The lowest BCUT2D eigenvalue weighted by Crippen LogP contribution is -2.50. The first-order chi connectivity index (χ1) is 9.80. The van der Waals surface area contributed by atoms with Crippen molar-refractivity contribution in [2.75, 3.05) is 32.8 Å². The van der Waals surface area contributed by atoms with Crippen LogP contribution in [0.1, 0.15) is 18.4 Å². The molecule has 0 atom stereocenters. The van der Waals surface area contributed by atoms with Crippen molar-refractivity contribution >= 4 is 0 Å². The average molecular weight is 276 g/mol. The highest BCUT2D eigenvalue weighted by molar-refractivity contribution is 5.14. The minimum absolute atomic E-state index is 0.192. The summed E-state index contributed by atoms with van der Waals surface area (Å²) in [6.07, 6.45) is 2.11. The molecule has 1 aromatic rings. The maximum absolute atomic E-state index is 5.71. The van der Waals surface area contributed by atoms with Crippen molar-refractivity contribution in [3.05, 3.63) is 35.9 Å². The molecular formula is C16H24N2O2. The van der Waals surface area contributed by atoms with E-state index in [1.807, 2.05) is 0 Å². The maximum atomic E-state index is 5.71.